The van der Waals surface area contributed by atoms with Gasteiger partial charge in [0, 0.05) is 30.4 Å². The second kappa shape index (κ2) is 20.1. The van der Waals surface area contributed by atoms with Gasteiger partial charge in [0.25, 0.3) is 10.0 Å². The predicted octanol–water partition coefficient (Wildman–Crippen LogP) is 6.96. The first-order valence-corrected chi connectivity index (χ1v) is 18.9. The molecule has 0 spiro atoms. The number of nitriles is 1. The van der Waals surface area contributed by atoms with E-state index in [1.54, 1.807) is 49.7 Å². The Bertz CT molecular complexity index is 2150. The Balaban J connectivity index is 1.32. The fraction of sp³-hybridized carbons (Fsp3) is 0.297. The number of hydrogen-bond donors (Lipinski definition) is 1. The minimum atomic E-state index is -4.54. The molecule has 0 aliphatic heterocycles. The molecular weight excluding hydrogens is 764 g/mol. The lowest BCUT2D eigenvalue weighted by Gasteiger charge is -2.16. The molecule has 1 N–H and O–H groups in total. The van der Waals surface area contributed by atoms with E-state index < -0.39 is 21.8 Å². The zero-order valence-corrected chi connectivity index (χ0v) is 31.1. The molecule has 0 bridgehead atoms. The van der Waals surface area contributed by atoms with Gasteiger partial charge in [0.15, 0.2) is 0 Å². The third kappa shape index (κ3) is 12.2. The third-order valence-corrected chi connectivity index (χ3v) is 9.66. The zero-order chi connectivity index (χ0) is 39.1. The van der Waals surface area contributed by atoms with E-state index in [2.05, 4.69) is 19.1 Å². The monoisotopic (exact) mass is 799 g/mol. The van der Waals surface area contributed by atoms with Gasteiger partial charge in [-0.15, -0.1) is 0 Å². The standard InChI is InChI=1S/C37H36F3N5O8S2/c1-48-11-12-49-13-14-50-15-16-51-17-18-52-24-31-20-28(9-10-42-31)33-22-27(26-3-2-4-30(19-26)37(38,39)40)5-7-35(33)53-34-8-6-32(21-29(34)23-41)55(46,47)45-36-43-25-44-54-36/h2-10,19-22,25H,11-18,24H2,1H3,(H,43,44,45). The van der Waals surface area contributed by atoms with Crippen molar-refractivity contribution in [3.8, 4) is 39.8 Å². The molecule has 0 aliphatic carbocycles. The van der Waals surface area contributed by atoms with Gasteiger partial charge in [-0.25, -0.2) is 13.4 Å². The third-order valence-electron chi connectivity index (χ3n) is 7.61. The molecule has 0 radical (unpaired) electrons. The summed E-state index contributed by atoms with van der Waals surface area (Å²) in [4.78, 5) is 8.01. The van der Waals surface area contributed by atoms with E-state index in [-0.39, 0.29) is 40.3 Å². The second-order valence-electron chi connectivity index (χ2n) is 11.4. The van der Waals surface area contributed by atoms with E-state index in [1.165, 1.54) is 24.5 Å². The van der Waals surface area contributed by atoms with E-state index in [9.17, 15) is 26.9 Å². The molecule has 0 amide bonds. The lowest BCUT2D eigenvalue weighted by atomic mass is 9.97. The highest BCUT2D eigenvalue weighted by molar-refractivity contribution is 7.93. The number of pyridine rings is 1. The Kier molecular flexibility index (Phi) is 15.0. The summed E-state index contributed by atoms with van der Waals surface area (Å²) in [7, 11) is -2.50. The quantitative estimate of drug-likeness (QED) is 0.0760. The van der Waals surface area contributed by atoms with Crippen molar-refractivity contribution in [3.63, 3.8) is 0 Å². The predicted molar refractivity (Wildman–Crippen MR) is 196 cm³/mol. The number of rotatable bonds is 21. The molecule has 5 aromatic rings. The zero-order valence-electron chi connectivity index (χ0n) is 29.5. The van der Waals surface area contributed by atoms with Gasteiger partial charge < -0.3 is 28.4 Å². The minimum Gasteiger partial charge on any atom is -0.455 e. The van der Waals surface area contributed by atoms with Crippen LogP contribution in [0.4, 0.5) is 18.3 Å². The van der Waals surface area contributed by atoms with Crippen LogP contribution >= 0.6 is 11.5 Å². The van der Waals surface area contributed by atoms with Gasteiger partial charge in [-0.2, -0.15) is 22.8 Å². The number of anilines is 1. The Morgan fingerprint density at radius 2 is 1.47 bits per heavy atom. The van der Waals surface area contributed by atoms with Crippen LogP contribution in [0.3, 0.4) is 0 Å². The summed E-state index contributed by atoms with van der Waals surface area (Å²) in [6.45, 7) is 3.47. The summed E-state index contributed by atoms with van der Waals surface area (Å²) >= 11 is 0.849. The first kappa shape index (κ1) is 41.2. The van der Waals surface area contributed by atoms with Gasteiger partial charge in [-0.05, 0) is 71.3 Å². The van der Waals surface area contributed by atoms with E-state index in [0.29, 0.717) is 74.2 Å². The van der Waals surface area contributed by atoms with Crippen LogP contribution in [0.25, 0.3) is 22.3 Å². The van der Waals surface area contributed by atoms with Crippen molar-refractivity contribution in [1.82, 2.24) is 14.3 Å². The SMILES string of the molecule is COCCOCCOCCOCCOCc1cc(-c2cc(-c3cccc(C(F)(F)F)c3)ccc2Oc2ccc(S(=O)(=O)Nc3ncns3)cc2C#N)ccn1. The summed E-state index contributed by atoms with van der Waals surface area (Å²) < 4.78 is 106. The van der Waals surface area contributed by atoms with Crippen LogP contribution in [0.2, 0.25) is 0 Å². The molecule has 18 heteroatoms. The van der Waals surface area contributed by atoms with Crippen LogP contribution in [-0.4, -0.2) is 82.7 Å². The van der Waals surface area contributed by atoms with Crippen LogP contribution in [0.15, 0.2) is 90.2 Å². The van der Waals surface area contributed by atoms with Crippen molar-refractivity contribution in [2.45, 2.75) is 17.7 Å². The second-order valence-corrected chi connectivity index (χ2v) is 13.9. The maximum Gasteiger partial charge on any atom is 0.416 e. The van der Waals surface area contributed by atoms with Crippen molar-refractivity contribution >= 4 is 26.7 Å². The van der Waals surface area contributed by atoms with E-state index in [0.717, 1.165) is 29.7 Å². The molecule has 13 nitrogen and oxygen atoms in total. The molecule has 0 saturated heterocycles. The molecule has 55 heavy (non-hydrogen) atoms. The van der Waals surface area contributed by atoms with E-state index >= 15 is 0 Å². The fourth-order valence-corrected chi connectivity index (χ4v) is 6.65. The smallest absolute Gasteiger partial charge is 0.416 e. The number of benzene rings is 3. The average Bonchev–Trinajstić information content (AvgIpc) is 3.69. The average molecular weight is 800 g/mol. The molecule has 0 atom stereocenters. The molecule has 0 unspecified atom stereocenters. The number of ether oxygens (including phenoxy) is 6. The molecule has 0 aliphatic rings. The van der Waals surface area contributed by atoms with Crippen LogP contribution in [0.1, 0.15) is 16.8 Å². The van der Waals surface area contributed by atoms with Crippen molar-refractivity contribution in [2.24, 2.45) is 0 Å². The molecule has 290 valence electrons. The summed E-state index contributed by atoms with van der Waals surface area (Å²) in [6, 6.07) is 19.0. The highest BCUT2D eigenvalue weighted by Crippen LogP contribution is 2.39. The molecule has 2 aromatic heterocycles. The topological polar surface area (TPSA) is 164 Å². The van der Waals surface area contributed by atoms with Crippen molar-refractivity contribution in [3.05, 3.63) is 102 Å². The van der Waals surface area contributed by atoms with Crippen LogP contribution in [0, 0.1) is 11.3 Å². The highest BCUT2D eigenvalue weighted by atomic mass is 32.2. The van der Waals surface area contributed by atoms with E-state index in [1.807, 2.05) is 6.07 Å². The lowest BCUT2D eigenvalue weighted by Crippen LogP contribution is -2.13. The maximum absolute atomic E-state index is 13.6. The molecule has 3 aromatic carbocycles. The summed E-state index contributed by atoms with van der Waals surface area (Å²) in [6.07, 6.45) is -1.78. The van der Waals surface area contributed by atoms with Gasteiger partial charge >= 0.3 is 6.18 Å². The number of halogens is 3. The van der Waals surface area contributed by atoms with E-state index in [4.69, 9.17) is 28.4 Å². The molecule has 0 saturated carbocycles. The molecular formula is C37H36F3N5O8S2. The molecule has 5 rings (SSSR count). The Labute approximate surface area is 319 Å². The Morgan fingerprint density at radius 1 is 0.782 bits per heavy atom. The Hall–Kier alpha value is -5.00. The van der Waals surface area contributed by atoms with Crippen molar-refractivity contribution in [2.75, 3.05) is 64.7 Å². The van der Waals surface area contributed by atoms with Gasteiger partial charge in [0.05, 0.1) is 81.2 Å². The summed E-state index contributed by atoms with van der Waals surface area (Å²) in [5, 5.41) is 10.0. The highest BCUT2D eigenvalue weighted by Gasteiger charge is 2.30. The van der Waals surface area contributed by atoms with Gasteiger partial charge in [0.2, 0.25) is 5.13 Å². The Morgan fingerprint density at radius 3 is 2.15 bits per heavy atom. The maximum atomic E-state index is 13.6. The largest absolute Gasteiger partial charge is 0.455 e. The number of hydrogen-bond acceptors (Lipinski definition) is 13. The first-order chi connectivity index (χ1) is 26.6. The van der Waals surface area contributed by atoms with Crippen molar-refractivity contribution in [1.29, 1.82) is 5.26 Å². The number of sulfonamides is 1. The minimum absolute atomic E-state index is 0.0452. The summed E-state index contributed by atoms with van der Waals surface area (Å²) in [5.74, 6) is 0.286. The number of nitrogens with zero attached hydrogens (tertiary/aromatic N) is 4. The number of alkyl halides is 3. The molecule has 2 heterocycles. The van der Waals surface area contributed by atoms with Crippen LogP contribution in [0.5, 0.6) is 11.5 Å². The van der Waals surface area contributed by atoms with Crippen LogP contribution in [-0.2, 0) is 46.5 Å². The number of methoxy groups -OCH3 is 1. The first-order valence-electron chi connectivity index (χ1n) is 16.7. The number of nitrogens with one attached hydrogen (secondary N) is 1. The number of aromatic nitrogens is 3. The summed E-state index contributed by atoms with van der Waals surface area (Å²) in [5.41, 5.74) is 1.51. The normalized spacial score (nSPS) is 11.7. The van der Waals surface area contributed by atoms with Gasteiger partial charge in [-0.3, -0.25) is 9.71 Å². The van der Waals surface area contributed by atoms with Gasteiger partial charge in [-0.1, -0.05) is 18.2 Å². The van der Waals surface area contributed by atoms with Gasteiger partial charge in [0.1, 0.15) is 23.9 Å². The fourth-order valence-electron chi connectivity index (χ4n) is 4.97. The van der Waals surface area contributed by atoms with Crippen LogP contribution < -0.4 is 9.46 Å². The molecule has 0 fully saturated rings. The lowest BCUT2D eigenvalue weighted by molar-refractivity contribution is -0.137. The van der Waals surface area contributed by atoms with Crippen molar-refractivity contribution < 1.29 is 50.0 Å².